The average Bonchev–Trinajstić information content (AvgIpc) is 3.43. The van der Waals surface area contributed by atoms with Gasteiger partial charge >= 0.3 is 0 Å². The lowest BCUT2D eigenvalue weighted by Crippen LogP contribution is -2.19. The van der Waals surface area contributed by atoms with E-state index in [4.69, 9.17) is 9.84 Å². The molecule has 0 aliphatic rings. The highest BCUT2D eigenvalue weighted by Crippen LogP contribution is 2.34. The van der Waals surface area contributed by atoms with E-state index in [-0.39, 0.29) is 5.56 Å². The summed E-state index contributed by atoms with van der Waals surface area (Å²) in [4.78, 5) is 20.0. The normalized spacial score (nSPS) is 11.1. The first-order valence-corrected chi connectivity index (χ1v) is 9.66. The number of methoxy groups -OCH3 is 1. The van der Waals surface area contributed by atoms with Crippen molar-refractivity contribution < 1.29 is 4.74 Å². The molecule has 0 saturated heterocycles. The van der Waals surface area contributed by atoms with Crippen LogP contribution in [0.2, 0.25) is 0 Å². The molecule has 0 amide bonds. The van der Waals surface area contributed by atoms with Gasteiger partial charge in [-0.2, -0.15) is 9.61 Å². The molecule has 0 aliphatic carbocycles. The van der Waals surface area contributed by atoms with Crippen molar-refractivity contribution in [1.82, 2.24) is 19.6 Å². The van der Waals surface area contributed by atoms with Crippen LogP contribution in [0.1, 0.15) is 5.69 Å². The molecular formula is C24H20N4O2. The summed E-state index contributed by atoms with van der Waals surface area (Å²) in [7, 11) is 1.62. The van der Waals surface area contributed by atoms with Crippen LogP contribution in [0.3, 0.4) is 0 Å². The van der Waals surface area contributed by atoms with Crippen LogP contribution in [0.5, 0.6) is 5.75 Å². The summed E-state index contributed by atoms with van der Waals surface area (Å²) in [6.07, 6.45) is 3.78. The number of benzene rings is 2. The monoisotopic (exact) mass is 396 g/mol. The number of hydrogen-bond donors (Lipinski definition) is 2. The molecule has 5 aromatic rings. The molecule has 0 fully saturated rings. The van der Waals surface area contributed by atoms with Gasteiger partial charge in [0.05, 0.1) is 18.2 Å². The van der Waals surface area contributed by atoms with Crippen LogP contribution >= 0.6 is 0 Å². The van der Waals surface area contributed by atoms with E-state index in [9.17, 15) is 4.79 Å². The van der Waals surface area contributed by atoms with Crippen LogP contribution in [-0.2, 0) is 0 Å². The molecule has 2 N–H and O–H groups in total. The minimum atomic E-state index is -0.162. The fourth-order valence-electron chi connectivity index (χ4n) is 3.84. The maximum Gasteiger partial charge on any atom is 0.282 e. The molecule has 0 bridgehead atoms. The number of nitrogens with one attached hydrogen (secondary N) is 2. The third kappa shape index (κ3) is 2.81. The predicted molar refractivity (Wildman–Crippen MR) is 118 cm³/mol. The number of aromatic nitrogens is 4. The first-order valence-electron chi connectivity index (χ1n) is 9.66. The Balaban J connectivity index is 1.81. The molecule has 0 atom stereocenters. The highest BCUT2D eigenvalue weighted by atomic mass is 16.5. The smallest absolute Gasteiger partial charge is 0.282 e. The molecule has 0 spiro atoms. The van der Waals surface area contributed by atoms with Crippen molar-refractivity contribution in [3.8, 4) is 39.3 Å². The van der Waals surface area contributed by atoms with Crippen molar-refractivity contribution in [1.29, 1.82) is 0 Å². The molecule has 30 heavy (non-hydrogen) atoms. The van der Waals surface area contributed by atoms with Crippen LogP contribution in [0.25, 0.3) is 39.2 Å². The van der Waals surface area contributed by atoms with Gasteiger partial charge < -0.3 is 14.7 Å². The van der Waals surface area contributed by atoms with Gasteiger partial charge in [0.1, 0.15) is 17.1 Å². The number of H-pyrrole nitrogens is 2. The van der Waals surface area contributed by atoms with Crippen LogP contribution < -0.4 is 10.3 Å². The van der Waals surface area contributed by atoms with Gasteiger partial charge in [0, 0.05) is 29.2 Å². The second kappa shape index (κ2) is 7.08. The van der Waals surface area contributed by atoms with E-state index in [1.165, 1.54) is 4.52 Å². The SMILES string of the molecule is COc1ccc(-c2c(C)[nH]c3c(-c4cc[nH]c4)c(-c4ccccc4)nn3c2=O)cc1. The lowest BCUT2D eigenvalue weighted by Gasteiger charge is -2.08. The molecule has 6 nitrogen and oxygen atoms in total. The number of nitrogens with zero attached hydrogens (tertiary/aromatic N) is 2. The van der Waals surface area contributed by atoms with E-state index in [0.29, 0.717) is 11.2 Å². The predicted octanol–water partition coefficient (Wildman–Crippen LogP) is 4.67. The topological polar surface area (TPSA) is 75.2 Å². The zero-order valence-corrected chi connectivity index (χ0v) is 16.6. The zero-order valence-electron chi connectivity index (χ0n) is 16.6. The molecule has 0 saturated carbocycles. The second-order valence-corrected chi connectivity index (χ2v) is 7.11. The Labute approximate surface area is 172 Å². The first kappa shape index (κ1) is 18.0. The summed E-state index contributed by atoms with van der Waals surface area (Å²) in [6, 6.07) is 19.4. The van der Waals surface area contributed by atoms with Crippen molar-refractivity contribution >= 4 is 5.65 Å². The van der Waals surface area contributed by atoms with Crippen molar-refractivity contribution in [2.75, 3.05) is 7.11 Å². The van der Waals surface area contributed by atoms with Gasteiger partial charge in [-0.1, -0.05) is 42.5 Å². The number of rotatable bonds is 4. The van der Waals surface area contributed by atoms with Crippen molar-refractivity contribution in [2.45, 2.75) is 6.92 Å². The molecule has 0 radical (unpaired) electrons. The molecule has 148 valence electrons. The highest BCUT2D eigenvalue weighted by Gasteiger charge is 2.21. The van der Waals surface area contributed by atoms with Crippen molar-refractivity contribution in [3.05, 3.63) is 89.1 Å². The summed E-state index contributed by atoms with van der Waals surface area (Å²) in [5.74, 6) is 0.745. The number of hydrogen-bond acceptors (Lipinski definition) is 3. The molecule has 0 unspecified atom stereocenters. The summed E-state index contributed by atoms with van der Waals surface area (Å²) in [5.41, 5.74) is 6.28. The van der Waals surface area contributed by atoms with Gasteiger partial charge in [-0.15, -0.1) is 0 Å². The van der Waals surface area contributed by atoms with Crippen LogP contribution in [0, 0.1) is 6.92 Å². The second-order valence-electron chi connectivity index (χ2n) is 7.11. The molecule has 2 aromatic carbocycles. The molecule has 5 rings (SSSR count). The Morgan fingerprint density at radius 1 is 0.900 bits per heavy atom. The maximum absolute atomic E-state index is 13.5. The number of ether oxygens (including phenoxy) is 1. The Morgan fingerprint density at radius 3 is 2.33 bits per heavy atom. The Morgan fingerprint density at radius 2 is 1.67 bits per heavy atom. The fourth-order valence-corrected chi connectivity index (χ4v) is 3.84. The van der Waals surface area contributed by atoms with Gasteiger partial charge in [0.2, 0.25) is 0 Å². The van der Waals surface area contributed by atoms with Crippen molar-refractivity contribution in [3.63, 3.8) is 0 Å². The summed E-state index contributed by atoms with van der Waals surface area (Å²) in [5, 5.41) is 4.73. The van der Waals surface area contributed by atoms with Gasteiger partial charge in [-0.3, -0.25) is 4.79 Å². The largest absolute Gasteiger partial charge is 0.497 e. The third-order valence-electron chi connectivity index (χ3n) is 5.29. The molecule has 0 aliphatic heterocycles. The Kier molecular flexibility index (Phi) is 4.25. The van der Waals surface area contributed by atoms with Crippen molar-refractivity contribution in [2.24, 2.45) is 0 Å². The van der Waals surface area contributed by atoms with Gasteiger partial charge in [-0.25, -0.2) is 0 Å². The van der Waals surface area contributed by atoms with E-state index >= 15 is 0 Å². The molecule has 3 aromatic heterocycles. The van der Waals surface area contributed by atoms with Gasteiger partial charge in [0.25, 0.3) is 5.56 Å². The van der Waals surface area contributed by atoms with Crippen LogP contribution in [-0.4, -0.2) is 26.7 Å². The van der Waals surface area contributed by atoms with E-state index in [1.807, 2.05) is 80.0 Å². The minimum Gasteiger partial charge on any atom is -0.497 e. The average molecular weight is 396 g/mol. The van der Waals surface area contributed by atoms with Gasteiger partial charge in [-0.05, 0) is 30.7 Å². The van der Waals surface area contributed by atoms with Gasteiger partial charge in [0.15, 0.2) is 0 Å². The number of fused-ring (bicyclic) bond motifs is 1. The molecular weight excluding hydrogens is 376 g/mol. The van der Waals surface area contributed by atoms with E-state index in [1.54, 1.807) is 7.11 Å². The number of aromatic amines is 2. The standard InChI is InChI=1S/C24H20N4O2/c1-15-20(16-8-10-19(30-2)11-9-16)24(29)28-23(26-15)21(18-12-13-25-14-18)22(27-28)17-6-4-3-5-7-17/h3-14,25-26H,1-2H3. The fraction of sp³-hybridized carbons (Fsp3) is 0.0833. The first-order chi connectivity index (χ1) is 14.7. The highest BCUT2D eigenvalue weighted by molar-refractivity contribution is 5.90. The molecule has 6 heteroatoms. The minimum absolute atomic E-state index is 0.162. The molecule has 3 heterocycles. The van der Waals surface area contributed by atoms with E-state index in [2.05, 4.69) is 9.97 Å². The summed E-state index contributed by atoms with van der Waals surface area (Å²) >= 11 is 0. The lowest BCUT2D eigenvalue weighted by molar-refractivity contribution is 0.415. The lowest BCUT2D eigenvalue weighted by atomic mass is 10.0. The summed E-state index contributed by atoms with van der Waals surface area (Å²) in [6.45, 7) is 1.91. The van der Waals surface area contributed by atoms with Crippen LogP contribution in [0.15, 0.2) is 77.9 Å². The number of aryl methyl sites for hydroxylation is 1. The van der Waals surface area contributed by atoms with Crippen LogP contribution in [0.4, 0.5) is 0 Å². The Hall–Kier alpha value is -4.06. The Bertz CT molecular complexity index is 1380. The summed E-state index contributed by atoms with van der Waals surface area (Å²) < 4.78 is 6.71. The maximum atomic E-state index is 13.5. The van der Waals surface area contributed by atoms with E-state index < -0.39 is 0 Å². The zero-order chi connectivity index (χ0) is 20.7. The third-order valence-corrected chi connectivity index (χ3v) is 5.29. The van der Waals surface area contributed by atoms with E-state index in [0.717, 1.165) is 39.4 Å². The quantitative estimate of drug-likeness (QED) is 0.464.